The zero-order valence-corrected chi connectivity index (χ0v) is 16.0. The van der Waals surface area contributed by atoms with Gasteiger partial charge in [0.05, 0.1) is 23.1 Å². The third-order valence-corrected chi connectivity index (χ3v) is 4.34. The minimum absolute atomic E-state index is 0.0462. The number of fused-ring (bicyclic) bond motifs is 1. The van der Waals surface area contributed by atoms with E-state index in [4.69, 9.17) is 22.1 Å². The standard InChI is InChI=1S/C18H24ClN5O2/c1-18(2,3)26-17(25)24-8-4-5-11(10-24)22-15-12(20)9-21-13-6-7-14(19)23-16(13)15/h6-7,9,11H,4-5,8,10,20H2,1-3H3,(H,21,22). The molecule has 0 saturated carbocycles. The Balaban J connectivity index is 1.79. The molecular formula is C18H24ClN5O2. The second-order valence-electron chi connectivity index (χ2n) is 7.50. The Hall–Kier alpha value is -2.28. The number of nitrogens with zero attached hydrogens (tertiary/aromatic N) is 3. The highest BCUT2D eigenvalue weighted by Crippen LogP contribution is 2.29. The lowest BCUT2D eigenvalue weighted by molar-refractivity contribution is 0.0206. The van der Waals surface area contributed by atoms with Gasteiger partial charge in [0.1, 0.15) is 16.3 Å². The number of carbonyl (C=O) groups is 1. The largest absolute Gasteiger partial charge is 0.444 e. The number of aromatic nitrogens is 2. The zero-order chi connectivity index (χ0) is 18.9. The molecule has 0 bridgehead atoms. The van der Waals surface area contributed by atoms with Crippen LogP contribution in [0.25, 0.3) is 11.0 Å². The molecule has 1 saturated heterocycles. The molecule has 7 nitrogen and oxygen atoms in total. The highest BCUT2D eigenvalue weighted by molar-refractivity contribution is 6.29. The van der Waals surface area contributed by atoms with Crippen molar-refractivity contribution in [2.45, 2.75) is 45.3 Å². The Labute approximate surface area is 157 Å². The maximum absolute atomic E-state index is 12.3. The molecule has 3 heterocycles. The van der Waals surface area contributed by atoms with Gasteiger partial charge < -0.3 is 20.7 Å². The number of carbonyl (C=O) groups excluding carboxylic acids is 1. The fraction of sp³-hybridized carbons (Fsp3) is 0.500. The maximum Gasteiger partial charge on any atom is 0.410 e. The smallest absolute Gasteiger partial charge is 0.410 e. The molecule has 8 heteroatoms. The van der Waals surface area contributed by atoms with Crippen molar-refractivity contribution in [3.8, 4) is 0 Å². The quantitative estimate of drug-likeness (QED) is 0.775. The van der Waals surface area contributed by atoms with Crippen LogP contribution >= 0.6 is 11.6 Å². The van der Waals surface area contributed by atoms with Crippen LogP contribution in [0, 0.1) is 0 Å². The first-order valence-corrected chi connectivity index (χ1v) is 9.06. The normalized spacial score (nSPS) is 18.0. The summed E-state index contributed by atoms with van der Waals surface area (Å²) >= 11 is 6.04. The Kier molecular flexibility index (Phi) is 5.09. The lowest BCUT2D eigenvalue weighted by Gasteiger charge is -2.35. The monoisotopic (exact) mass is 377 g/mol. The summed E-state index contributed by atoms with van der Waals surface area (Å²) in [5.41, 5.74) is 8.16. The number of rotatable bonds is 2. The van der Waals surface area contributed by atoms with E-state index in [0.29, 0.717) is 40.7 Å². The Morgan fingerprint density at radius 2 is 2.19 bits per heavy atom. The summed E-state index contributed by atoms with van der Waals surface area (Å²) in [4.78, 5) is 22.7. The SMILES string of the molecule is CC(C)(C)OC(=O)N1CCCC(Nc2c(N)cnc3ccc(Cl)nc23)C1. The fourth-order valence-corrected chi connectivity index (χ4v) is 3.15. The van der Waals surface area contributed by atoms with Crippen LogP contribution in [-0.4, -0.2) is 45.7 Å². The number of anilines is 2. The predicted molar refractivity (Wildman–Crippen MR) is 103 cm³/mol. The van der Waals surface area contributed by atoms with Crippen molar-refractivity contribution in [1.82, 2.24) is 14.9 Å². The van der Waals surface area contributed by atoms with E-state index in [-0.39, 0.29) is 12.1 Å². The number of nitrogens with two attached hydrogens (primary N) is 1. The van der Waals surface area contributed by atoms with Gasteiger partial charge in [0, 0.05) is 19.1 Å². The number of likely N-dealkylation sites (tertiary alicyclic amines) is 1. The van der Waals surface area contributed by atoms with E-state index in [1.165, 1.54) is 0 Å². The molecule has 1 amide bonds. The minimum atomic E-state index is -0.510. The van der Waals surface area contributed by atoms with E-state index in [9.17, 15) is 4.79 Å². The number of nitrogens with one attached hydrogen (secondary N) is 1. The number of halogens is 1. The van der Waals surface area contributed by atoms with Crippen LogP contribution in [0.15, 0.2) is 18.3 Å². The van der Waals surface area contributed by atoms with Crippen molar-refractivity contribution < 1.29 is 9.53 Å². The molecule has 140 valence electrons. The number of hydrogen-bond donors (Lipinski definition) is 2. The average Bonchev–Trinajstić information content (AvgIpc) is 2.56. The van der Waals surface area contributed by atoms with E-state index >= 15 is 0 Å². The molecule has 1 unspecified atom stereocenters. The number of piperidine rings is 1. The van der Waals surface area contributed by atoms with Gasteiger partial charge in [0.2, 0.25) is 0 Å². The molecule has 1 atom stereocenters. The van der Waals surface area contributed by atoms with Crippen LogP contribution in [0.1, 0.15) is 33.6 Å². The van der Waals surface area contributed by atoms with Gasteiger partial charge in [-0.1, -0.05) is 11.6 Å². The Morgan fingerprint density at radius 1 is 1.42 bits per heavy atom. The summed E-state index contributed by atoms with van der Waals surface area (Å²) in [5, 5.41) is 3.81. The van der Waals surface area contributed by atoms with Crippen molar-refractivity contribution in [2.24, 2.45) is 0 Å². The molecule has 0 radical (unpaired) electrons. The van der Waals surface area contributed by atoms with Crippen LogP contribution < -0.4 is 11.1 Å². The van der Waals surface area contributed by atoms with Crippen LogP contribution in [0.5, 0.6) is 0 Å². The molecule has 2 aromatic rings. The van der Waals surface area contributed by atoms with Gasteiger partial charge in [-0.2, -0.15) is 0 Å². The topological polar surface area (TPSA) is 93.4 Å². The van der Waals surface area contributed by atoms with E-state index < -0.39 is 5.60 Å². The van der Waals surface area contributed by atoms with Gasteiger partial charge in [-0.25, -0.2) is 9.78 Å². The fourth-order valence-electron chi connectivity index (χ4n) is 3.00. The minimum Gasteiger partial charge on any atom is -0.444 e. The highest BCUT2D eigenvalue weighted by atomic mass is 35.5. The first-order valence-electron chi connectivity index (χ1n) is 8.68. The van der Waals surface area contributed by atoms with Gasteiger partial charge in [-0.15, -0.1) is 0 Å². The number of amides is 1. The van der Waals surface area contributed by atoms with Crippen molar-refractivity contribution in [3.63, 3.8) is 0 Å². The van der Waals surface area contributed by atoms with Crippen molar-refractivity contribution >= 4 is 40.1 Å². The lowest BCUT2D eigenvalue weighted by Crippen LogP contribution is -2.47. The molecule has 0 aliphatic carbocycles. The Bertz CT molecular complexity index is 816. The molecule has 2 aromatic heterocycles. The molecule has 1 fully saturated rings. The van der Waals surface area contributed by atoms with Crippen molar-refractivity contribution in [2.75, 3.05) is 24.1 Å². The molecule has 0 spiro atoms. The number of pyridine rings is 2. The molecule has 1 aliphatic heterocycles. The molecule has 0 aromatic carbocycles. The summed E-state index contributed by atoms with van der Waals surface area (Å²) in [6.07, 6.45) is 3.11. The maximum atomic E-state index is 12.3. The Morgan fingerprint density at radius 3 is 2.92 bits per heavy atom. The van der Waals surface area contributed by atoms with Crippen LogP contribution in [0.2, 0.25) is 5.15 Å². The summed E-state index contributed by atoms with van der Waals surface area (Å²) in [5.74, 6) is 0. The van der Waals surface area contributed by atoms with Gasteiger partial charge in [-0.3, -0.25) is 4.98 Å². The van der Waals surface area contributed by atoms with Gasteiger partial charge in [0.15, 0.2) is 0 Å². The van der Waals surface area contributed by atoms with Crippen LogP contribution in [0.3, 0.4) is 0 Å². The molecule has 1 aliphatic rings. The first kappa shape index (κ1) is 18.5. The van der Waals surface area contributed by atoms with Crippen molar-refractivity contribution in [1.29, 1.82) is 0 Å². The molecule has 3 N–H and O–H groups in total. The molecular weight excluding hydrogens is 354 g/mol. The van der Waals surface area contributed by atoms with Gasteiger partial charge in [-0.05, 0) is 45.7 Å². The summed E-state index contributed by atoms with van der Waals surface area (Å²) in [7, 11) is 0. The highest BCUT2D eigenvalue weighted by Gasteiger charge is 2.28. The molecule has 26 heavy (non-hydrogen) atoms. The van der Waals surface area contributed by atoms with Crippen LogP contribution in [0.4, 0.5) is 16.2 Å². The number of hydrogen-bond acceptors (Lipinski definition) is 6. The predicted octanol–water partition coefficient (Wildman–Crippen LogP) is 3.68. The zero-order valence-electron chi connectivity index (χ0n) is 15.3. The molecule has 3 rings (SSSR count). The third-order valence-electron chi connectivity index (χ3n) is 4.13. The van der Waals surface area contributed by atoms with Gasteiger partial charge >= 0.3 is 6.09 Å². The van der Waals surface area contributed by atoms with E-state index in [1.807, 2.05) is 26.8 Å². The number of nitrogen functional groups attached to an aromatic ring is 1. The second kappa shape index (κ2) is 7.15. The van der Waals surface area contributed by atoms with E-state index in [1.54, 1.807) is 17.2 Å². The first-order chi connectivity index (χ1) is 12.2. The summed E-state index contributed by atoms with van der Waals surface area (Å²) < 4.78 is 5.48. The van der Waals surface area contributed by atoms with Gasteiger partial charge in [0.25, 0.3) is 0 Å². The summed E-state index contributed by atoms with van der Waals surface area (Å²) in [6, 6.07) is 3.55. The van der Waals surface area contributed by atoms with Crippen LogP contribution in [-0.2, 0) is 4.74 Å². The lowest BCUT2D eigenvalue weighted by atomic mass is 10.1. The number of ether oxygens (including phenoxy) is 1. The second-order valence-corrected chi connectivity index (χ2v) is 7.89. The van der Waals surface area contributed by atoms with E-state index in [2.05, 4.69) is 15.3 Å². The third kappa shape index (κ3) is 4.27. The summed E-state index contributed by atoms with van der Waals surface area (Å²) in [6.45, 7) is 6.82. The van der Waals surface area contributed by atoms with E-state index in [0.717, 1.165) is 12.8 Å². The average molecular weight is 378 g/mol. The van der Waals surface area contributed by atoms with Crippen molar-refractivity contribution in [3.05, 3.63) is 23.5 Å².